The van der Waals surface area contributed by atoms with Gasteiger partial charge in [0.1, 0.15) is 28.8 Å². The molecule has 39 heavy (non-hydrogen) atoms. The number of ketones is 1. The maximum Gasteiger partial charge on any atom is 0.296 e. The number of aliphatic hydroxyl groups excluding tert-OH is 1. The van der Waals surface area contributed by atoms with E-state index >= 15 is 0 Å². The lowest BCUT2D eigenvalue weighted by atomic mass is 9.94. The second-order valence-electron chi connectivity index (χ2n) is 8.80. The molecule has 0 spiro atoms. The number of likely N-dealkylation sites (tertiary alicyclic amines) is 1. The van der Waals surface area contributed by atoms with Crippen molar-refractivity contribution in [3.63, 3.8) is 0 Å². The van der Waals surface area contributed by atoms with Gasteiger partial charge in [0, 0.05) is 6.20 Å². The zero-order chi connectivity index (χ0) is 27.4. The Labute approximate surface area is 225 Å². The van der Waals surface area contributed by atoms with Gasteiger partial charge in [0.2, 0.25) is 0 Å². The van der Waals surface area contributed by atoms with E-state index in [2.05, 4.69) is 4.98 Å². The molecule has 2 heterocycles. The van der Waals surface area contributed by atoms with E-state index in [0.717, 1.165) is 0 Å². The first-order chi connectivity index (χ1) is 19.0. The van der Waals surface area contributed by atoms with Crippen LogP contribution >= 0.6 is 0 Å². The molecule has 0 aliphatic carbocycles. The zero-order valence-electron chi connectivity index (χ0n) is 21.4. The van der Waals surface area contributed by atoms with Crippen LogP contribution in [0.5, 0.6) is 23.0 Å². The quantitative estimate of drug-likeness (QED) is 0.185. The Bertz CT molecular complexity index is 1540. The minimum atomic E-state index is -0.915. The van der Waals surface area contributed by atoms with Gasteiger partial charge in [-0.2, -0.15) is 0 Å². The monoisotopic (exact) mass is 522 g/mol. The van der Waals surface area contributed by atoms with E-state index in [0.29, 0.717) is 34.3 Å². The first-order valence-electron chi connectivity index (χ1n) is 12.2. The SMILES string of the molecule is COc1ccc(OC)c(/C(O)=C2\C(=O)C(=O)N(Cc3ccccn3)C2c2cccc(Oc3ccccc3)c2)c1. The van der Waals surface area contributed by atoms with Gasteiger partial charge in [-0.25, -0.2) is 0 Å². The van der Waals surface area contributed by atoms with Crippen molar-refractivity contribution in [2.24, 2.45) is 0 Å². The number of methoxy groups -OCH3 is 2. The lowest BCUT2D eigenvalue weighted by molar-refractivity contribution is -0.140. The second kappa shape index (κ2) is 11.1. The van der Waals surface area contributed by atoms with Crippen molar-refractivity contribution in [1.82, 2.24) is 9.88 Å². The summed E-state index contributed by atoms with van der Waals surface area (Å²) in [7, 11) is 2.95. The molecule has 1 saturated heterocycles. The van der Waals surface area contributed by atoms with Crippen molar-refractivity contribution < 1.29 is 28.9 Å². The molecule has 0 saturated carbocycles. The number of aromatic nitrogens is 1. The average Bonchev–Trinajstić information content (AvgIpc) is 3.22. The Hall–Kier alpha value is -5.11. The lowest BCUT2D eigenvalue weighted by Gasteiger charge is -2.25. The number of carbonyl (C=O) groups excluding carboxylic acids is 2. The molecule has 1 amide bonds. The summed E-state index contributed by atoms with van der Waals surface area (Å²) in [5, 5.41) is 11.6. The number of amides is 1. The average molecular weight is 523 g/mol. The summed E-state index contributed by atoms with van der Waals surface area (Å²) >= 11 is 0. The molecular formula is C31H26N2O6. The Balaban J connectivity index is 1.66. The fourth-order valence-electron chi connectivity index (χ4n) is 4.57. The summed E-state index contributed by atoms with van der Waals surface area (Å²) in [5.74, 6) is 0.00141. The van der Waals surface area contributed by atoms with Crippen molar-refractivity contribution in [2.45, 2.75) is 12.6 Å². The van der Waals surface area contributed by atoms with Crippen molar-refractivity contribution in [1.29, 1.82) is 0 Å². The highest BCUT2D eigenvalue weighted by atomic mass is 16.5. The third-order valence-corrected chi connectivity index (χ3v) is 6.41. The van der Waals surface area contributed by atoms with E-state index in [9.17, 15) is 14.7 Å². The summed E-state index contributed by atoms with van der Waals surface area (Å²) < 4.78 is 16.8. The van der Waals surface area contributed by atoms with Crippen LogP contribution in [0.4, 0.5) is 0 Å². The van der Waals surface area contributed by atoms with Gasteiger partial charge in [0.15, 0.2) is 0 Å². The Morgan fingerprint density at radius 3 is 2.33 bits per heavy atom. The van der Waals surface area contributed by atoms with Crippen LogP contribution in [-0.4, -0.2) is 40.9 Å². The number of nitrogens with zero attached hydrogens (tertiary/aromatic N) is 2. The van der Waals surface area contributed by atoms with Crippen LogP contribution in [0.1, 0.15) is 22.9 Å². The summed E-state index contributed by atoms with van der Waals surface area (Å²) in [4.78, 5) is 32.7. The summed E-state index contributed by atoms with van der Waals surface area (Å²) in [6.07, 6.45) is 1.62. The van der Waals surface area contributed by atoms with Gasteiger partial charge in [-0.3, -0.25) is 14.6 Å². The van der Waals surface area contributed by atoms with Crippen LogP contribution < -0.4 is 14.2 Å². The maximum atomic E-state index is 13.5. The topological polar surface area (TPSA) is 98.2 Å². The first kappa shape index (κ1) is 25.5. The number of ether oxygens (including phenoxy) is 3. The maximum absolute atomic E-state index is 13.5. The Kier molecular flexibility index (Phi) is 7.27. The van der Waals surface area contributed by atoms with Crippen molar-refractivity contribution in [3.05, 3.63) is 120 Å². The number of rotatable bonds is 8. The zero-order valence-corrected chi connectivity index (χ0v) is 21.4. The molecule has 1 aromatic heterocycles. The molecule has 1 aliphatic heterocycles. The van der Waals surface area contributed by atoms with Crippen molar-refractivity contribution in [3.8, 4) is 23.0 Å². The number of benzene rings is 3. The van der Waals surface area contributed by atoms with E-state index in [1.807, 2.05) is 36.4 Å². The van der Waals surface area contributed by atoms with Gasteiger partial charge in [-0.15, -0.1) is 0 Å². The van der Waals surface area contributed by atoms with Gasteiger partial charge in [0.25, 0.3) is 11.7 Å². The minimum absolute atomic E-state index is 0.0614. The first-order valence-corrected chi connectivity index (χ1v) is 12.2. The number of para-hydroxylation sites is 1. The third kappa shape index (κ3) is 5.17. The molecule has 1 unspecified atom stereocenters. The number of Topliss-reactive ketones (excluding diaryl/α,β-unsaturated/α-hetero) is 1. The Morgan fingerprint density at radius 1 is 0.846 bits per heavy atom. The molecule has 0 radical (unpaired) electrons. The fraction of sp³-hybridized carbons (Fsp3) is 0.129. The molecular weight excluding hydrogens is 496 g/mol. The largest absolute Gasteiger partial charge is 0.507 e. The van der Waals surface area contributed by atoms with Gasteiger partial charge >= 0.3 is 0 Å². The van der Waals surface area contributed by atoms with Crippen LogP contribution in [0.15, 0.2) is 103 Å². The molecule has 8 nitrogen and oxygen atoms in total. The minimum Gasteiger partial charge on any atom is -0.507 e. The molecule has 1 fully saturated rings. The Morgan fingerprint density at radius 2 is 1.62 bits per heavy atom. The number of aliphatic hydroxyl groups is 1. The second-order valence-corrected chi connectivity index (χ2v) is 8.80. The summed E-state index contributed by atoms with van der Waals surface area (Å²) in [5.41, 5.74) is 1.34. The molecule has 1 atom stereocenters. The van der Waals surface area contributed by atoms with Crippen LogP contribution in [0, 0.1) is 0 Å². The molecule has 1 N–H and O–H groups in total. The molecule has 196 valence electrons. The fourth-order valence-corrected chi connectivity index (χ4v) is 4.57. The summed E-state index contributed by atoms with van der Waals surface area (Å²) in [6, 6.07) is 25.7. The molecule has 4 aromatic rings. The normalized spacial score (nSPS) is 16.3. The van der Waals surface area contributed by atoms with E-state index in [4.69, 9.17) is 14.2 Å². The lowest BCUT2D eigenvalue weighted by Crippen LogP contribution is -2.29. The predicted molar refractivity (Wildman–Crippen MR) is 145 cm³/mol. The van der Waals surface area contributed by atoms with Crippen LogP contribution in [0.3, 0.4) is 0 Å². The van der Waals surface area contributed by atoms with E-state index in [-0.39, 0.29) is 23.4 Å². The van der Waals surface area contributed by atoms with Crippen LogP contribution in [-0.2, 0) is 16.1 Å². The van der Waals surface area contributed by atoms with Crippen LogP contribution in [0.2, 0.25) is 0 Å². The number of carbonyl (C=O) groups is 2. The van der Waals surface area contributed by atoms with Crippen molar-refractivity contribution >= 4 is 17.4 Å². The van der Waals surface area contributed by atoms with Crippen molar-refractivity contribution in [2.75, 3.05) is 14.2 Å². The highest BCUT2D eigenvalue weighted by Gasteiger charge is 2.46. The number of pyridine rings is 1. The van der Waals surface area contributed by atoms with Gasteiger partial charge in [-0.05, 0) is 60.2 Å². The van der Waals surface area contributed by atoms with Gasteiger partial charge < -0.3 is 24.2 Å². The standard InChI is InChI=1S/C31H26N2O6/c1-37-23-14-15-26(38-2)25(18-23)29(34)27-28(33(31(36)30(27)35)19-21-10-6-7-16-32-21)20-9-8-13-24(17-20)39-22-11-4-3-5-12-22/h3-18,28,34H,19H2,1-2H3/b29-27+. The molecule has 8 heteroatoms. The highest BCUT2D eigenvalue weighted by Crippen LogP contribution is 2.43. The van der Waals surface area contributed by atoms with E-state index in [1.54, 1.807) is 60.8 Å². The van der Waals surface area contributed by atoms with Gasteiger partial charge in [-0.1, -0.05) is 36.4 Å². The third-order valence-electron chi connectivity index (χ3n) is 6.41. The van der Waals surface area contributed by atoms with E-state index in [1.165, 1.54) is 19.1 Å². The molecule has 3 aromatic carbocycles. The number of hydrogen-bond acceptors (Lipinski definition) is 7. The highest BCUT2D eigenvalue weighted by molar-refractivity contribution is 6.46. The van der Waals surface area contributed by atoms with Crippen LogP contribution in [0.25, 0.3) is 5.76 Å². The predicted octanol–water partition coefficient (Wildman–Crippen LogP) is 5.51. The molecule has 0 bridgehead atoms. The smallest absolute Gasteiger partial charge is 0.296 e. The molecule has 1 aliphatic rings. The number of hydrogen-bond donors (Lipinski definition) is 1. The summed E-state index contributed by atoms with van der Waals surface area (Å²) in [6.45, 7) is 0.0614. The van der Waals surface area contributed by atoms with Gasteiger partial charge in [0.05, 0.1) is 43.6 Å². The van der Waals surface area contributed by atoms with E-state index < -0.39 is 17.7 Å². The molecule has 5 rings (SSSR count).